The molecule has 0 radical (unpaired) electrons. The predicted octanol–water partition coefficient (Wildman–Crippen LogP) is 24.5. The Morgan fingerprint density at radius 2 is 0.505 bits per heavy atom. The van der Waals surface area contributed by atoms with Crippen LogP contribution in [-0.2, 0) is 65.4 Å². The average molecular weight is 1480 g/mol. The van der Waals surface area contributed by atoms with E-state index in [1.54, 1.807) is 0 Å². The normalized spacial score (nSPS) is 14.5. The maximum Gasteiger partial charge on any atom is 0.472 e. The van der Waals surface area contributed by atoms with Gasteiger partial charge in [0.1, 0.15) is 19.3 Å². The number of hydrogen-bond donors (Lipinski definition) is 3. The van der Waals surface area contributed by atoms with Crippen molar-refractivity contribution in [3.05, 3.63) is 0 Å². The number of phosphoric acid groups is 2. The maximum absolute atomic E-state index is 13.1. The lowest BCUT2D eigenvalue weighted by atomic mass is 9.99. The highest BCUT2D eigenvalue weighted by atomic mass is 31.2. The van der Waals surface area contributed by atoms with Crippen molar-refractivity contribution in [2.24, 2.45) is 17.8 Å². The Morgan fingerprint density at radius 3 is 0.752 bits per heavy atom. The first kappa shape index (κ1) is 99.1. The van der Waals surface area contributed by atoms with Crippen molar-refractivity contribution in [1.29, 1.82) is 0 Å². The van der Waals surface area contributed by atoms with Crippen molar-refractivity contribution in [3.8, 4) is 0 Å². The quantitative estimate of drug-likeness (QED) is 0.0222. The molecule has 0 rings (SSSR count). The second-order valence-corrected chi connectivity index (χ2v) is 33.4. The zero-order valence-corrected chi connectivity index (χ0v) is 68.2. The minimum absolute atomic E-state index is 0.105. The molecule has 0 saturated carbocycles. The van der Waals surface area contributed by atoms with Crippen molar-refractivity contribution >= 4 is 39.5 Å². The Morgan fingerprint density at radius 1 is 0.287 bits per heavy atom. The Kier molecular flexibility index (Phi) is 70.9. The molecule has 0 aliphatic carbocycles. The van der Waals surface area contributed by atoms with E-state index in [1.165, 1.54) is 238 Å². The first-order valence-electron chi connectivity index (χ1n) is 42.4. The number of phosphoric ester groups is 2. The number of unbranched alkanes of at least 4 members (excludes halogenated alkanes) is 46. The van der Waals surface area contributed by atoms with E-state index in [4.69, 9.17) is 37.0 Å². The Balaban J connectivity index is 5.23. The molecule has 101 heavy (non-hydrogen) atoms. The molecule has 17 nitrogen and oxygen atoms in total. The molecule has 0 fully saturated rings. The van der Waals surface area contributed by atoms with Crippen LogP contribution in [-0.4, -0.2) is 96.7 Å². The van der Waals surface area contributed by atoms with Crippen LogP contribution in [0.15, 0.2) is 0 Å². The van der Waals surface area contributed by atoms with Gasteiger partial charge in [-0.1, -0.05) is 376 Å². The van der Waals surface area contributed by atoms with Crippen molar-refractivity contribution in [3.63, 3.8) is 0 Å². The van der Waals surface area contributed by atoms with Crippen LogP contribution in [0.1, 0.15) is 427 Å². The molecular formula is C82H160O17P2. The van der Waals surface area contributed by atoms with Crippen molar-refractivity contribution in [2.45, 2.75) is 446 Å². The molecule has 3 N–H and O–H groups in total. The van der Waals surface area contributed by atoms with Gasteiger partial charge in [-0.25, -0.2) is 9.13 Å². The monoisotopic (exact) mass is 1480 g/mol. The van der Waals surface area contributed by atoms with Crippen molar-refractivity contribution in [1.82, 2.24) is 0 Å². The molecule has 0 bridgehead atoms. The van der Waals surface area contributed by atoms with E-state index in [0.717, 1.165) is 108 Å². The molecule has 600 valence electrons. The van der Waals surface area contributed by atoms with Gasteiger partial charge in [-0.2, -0.15) is 0 Å². The van der Waals surface area contributed by atoms with Gasteiger partial charge in [0.15, 0.2) is 12.2 Å². The summed E-state index contributed by atoms with van der Waals surface area (Å²) in [7, 11) is -9.92. The van der Waals surface area contributed by atoms with Gasteiger partial charge >= 0.3 is 39.5 Å². The second kappa shape index (κ2) is 72.3. The summed E-state index contributed by atoms with van der Waals surface area (Å²) >= 11 is 0. The molecule has 0 spiro atoms. The van der Waals surface area contributed by atoms with Gasteiger partial charge < -0.3 is 33.8 Å². The van der Waals surface area contributed by atoms with Crippen LogP contribution in [0.25, 0.3) is 0 Å². The number of carbonyl (C=O) groups excluding carboxylic acids is 4. The summed E-state index contributed by atoms with van der Waals surface area (Å²) in [4.78, 5) is 73.1. The highest BCUT2D eigenvalue weighted by molar-refractivity contribution is 7.47. The van der Waals surface area contributed by atoms with Crippen LogP contribution < -0.4 is 0 Å². The average Bonchev–Trinajstić information content (AvgIpc) is 1.12. The molecule has 0 heterocycles. The topological polar surface area (TPSA) is 237 Å². The number of ether oxygens (including phenoxy) is 4. The van der Waals surface area contributed by atoms with Crippen LogP contribution >= 0.6 is 15.6 Å². The van der Waals surface area contributed by atoms with Crippen LogP contribution in [0.4, 0.5) is 0 Å². The second-order valence-electron chi connectivity index (χ2n) is 30.5. The lowest BCUT2D eigenvalue weighted by Gasteiger charge is -2.21. The van der Waals surface area contributed by atoms with Crippen LogP contribution in [0.5, 0.6) is 0 Å². The fraction of sp³-hybridized carbons (Fsp3) is 0.951. The summed E-state index contributed by atoms with van der Waals surface area (Å²) in [5, 5.41) is 10.6. The Hall–Kier alpha value is -1.94. The lowest BCUT2D eigenvalue weighted by molar-refractivity contribution is -0.161. The summed E-state index contributed by atoms with van der Waals surface area (Å²) in [5.41, 5.74) is 0. The zero-order valence-electron chi connectivity index (χ0n) is 66.4. The SMILES string of the molecule is CCCCCCCCCCCCCCCCCCCCCCCCC(=O)O[C@H](COC(=O)CCCCCCCCCCCCC(C)CC)COP(=O)(O)OC[C@@H](O)COP(=O)(O)OC[C@@H](COC(=O)CCCCCCCCCCC(C)CC)OC(=O)CCCCCCCCCCCCC(C)C. The van der Waals surface area contributed by atoms with Crippen molar-refractivity contribution < 1.29 is 80.2 Å². The third-order valence-electron chi connectivity index (χ3n) is 19.9. The molecule has 0 aliphatic heterocycles. The number of hydrogen-bond acceptors (Lipinski definition) is 15. The van der Waals surface area contributed by atoms with Crippen LogP contribution in [0, 0.1) is 17.8 Å². The molecule has 4 unspecified atom stereocenters. The van der Waals surface area contributed by atoms with E-state index in [9.17, 15) is 43.2 Å². The number of esters is 4. The van der Waals surface area contributed by atoms with Gasteiger partial charge in [0.05, 0.1) is 26.4 Å². The first-order valence-corrected chi connectivity index (χ1v) is 45.4. The number of aliphatic hydroxyl groups excluding tert-OH is 1. The molecular weight excluding hydrogens is 1320 g/mol. The van der Waals surface area contributed by atoms with E-state index in [-0.39, 0.29) is 25.7 Å². The van der Waals surface area contributed by atoms with Crippen LogP contribution in [0.3, 0.4) is 0 Å². The van der Waals surface area contributed by atoms with Gasteiger partial charge in [0.2, 0.25) is 0 Å². The molecule has 0 aromatic heterocycles. The molecule has 0 amide bonds. The lowest BCUT2D eigenvalue weighted by Crippen LogP contribution is -2.30. The molecule has 0 aromatic rings. The van der Waals surface area contributed by atoms with E-state index < -0.39 is 97.5 Å². The molecule has 7 atom stereocenters. The van der Waals surface area contributed by atoms with E-state index in [0.29, 0.717) is 25.7 Å². The largest absolute Gasteiger partial charge is 0.472 e. The molecule has 0 aliphatic rings. The highest BCUT2D eigenvalue weighted by Gasteiger charge is 2.30. The van der Waals surface area contributed by atoms with Gasteiger partial charge in [-0.3, -0.25) is 37.3 Å². The molecule has 0 saturated heterocycles. The summed E-state index contributed by atoms with van der Waals surface area (Å²) < 4.78 is 68.8. The number of rotatable bonds is 80. The maximum atomic E-state index is 13.1. The third-order valence-corrected chi connectivity index (χ3v) is 21.8. The van der Waals surface area contributed by atoms with Gasteiger partial charge in [-0.05, 0) is 43.4 Å². The zero-order chi connectivity index (χ0) is 74.4. The highest BCUT2D eigenvalue weighted by Crippen LogP contribution is 2.45. The first-order chi connectivity index (χ1) is 48.8. The van der Waals surface area contributed by atoms with E-state index >= 15 is 0 Å². The fourth-order valence-electron chi connectivity index (χ4n) is 12.6. The van der Waals surface area contributed by atoms with Crippen LogP contribution in [0.2, 0.25) is 0 Å². The van der Waals surface area contributed by atoms with E-state index in [2.05, 4.69) is 48.5 Å². The van der Waals surface area contributed by atoms with E-state index in [1.807, 2.05) is 0 Å². The van der Waals surface area contributed by atoms with Gasteiger partial charge in [0, 0.05) is 25.7 Å². The Labute approximate surface area is 619 Å². The summed E-state index contributed by atoms with van der Waals surface area (Å²) in [6, 6.07) is 0. The predicted molar refractivity (Wildman–Crippen MR) is 414 cm³/mol. The third kappa shape index (κ3) is 73.4. The minimum atomic E-state index is -4.96. The van der Waals surface area contributed by atoms with Gasteiger partial charge in [-0.15, -0.1) is 0 Å². The van der Waals surface area contributed by atoms with Gasteiger partial charge in [0.25, 0.3) is 0 Å². The minimum Gasteiger partial charge on any atom is -0.462 e. The Bertz CT molecular complexity index is 1960. The standard InChI is InChI=1S/C82H160O17P2/c1-8-11-12-13-14-15-16-17-18-19-20-21-22-23-24-25-26-27-35-44-51-58-65-81(86)98-77(69-92-79(84)63-56-49-42-34-31-29-33-40-47-54-61-74(6)9-2)71-96-100(88,89)94-67-76(83)68-95-101(90,91)97-72-78(70-93-80(85)64-57-50-43-38-37-41-48-55-62-75(7)10-3)99-82(87)66-59-52-45-36-30-28-32-39-46-53-60-73(4)5/h73-78,83H,8-72H2,1-7H3,(H,88,89)(H,90,91)/t74?,75?,76-,77-,78-/m1/s1. The summed E-state index contributed by atoms with van der Waals surface area (Å²) in [6.45, 7) is 12.0. The fourth-order valence-corrected chi connectivity index (χ4v) is 14.2. The smallest absolute Gasteiger partial charge is 0.462 e. The van der Waals surface area contributed by atoms with Crippen molar-refractivity contribution in [2.75, 3.05) is 39.6 Å². The number of aliphatic hydroxyl groups is 1. The summed E-state index contributed by atoms with van der Waals surface area (Å²) in [6.07, 6.45) is 61.1. The summed E-state index contributed by atoms with van der Waals surface area (Å²) in [5.74, 6) is 0.227. The number of carbonyl (C=O) groups is 4. The molecule has 0 aromatic carbocycles. The molecule has 19 heteroatoms.